The highest BCUT2D eigenvalue weighted by Crippen LogP contribution is 2.09. The highest BCUT2D eigenvalue weighted by atomic mass is 16.5. The lowest BCUT2D eigenvalue weighted by Crippen LogP contribution is -2.19. The molecule has 19 heavy (non-hydrogen) atoms. The number of unbranched alkanes of at least 4 members (excludes halogenated alkanes) is 4. The fraction of sp³-hybridized carbons (Fsp3) is 1.00. The summed E-state index contributed by atoms with van der Waals surface area (Å²) in [4.78, 5) is 2.62. The fourth-order valence-electron chi connectivity index (χ4n) is 1.76. The monoisotopic (exact) mass is 273 g/mol. The molecule has 0 radical (unpaired) electrons. The van der Waals surface area contributed by atoms with Crippen molar-refractivity contribution in [3.05, 3.63) is 10.4 Å². The summed E-state index contributed by atoms with van der Waals surface area (Å²) in [6, 6.07) is -0.531. The Labute approximate surface area is 115 Å². The highest BCUT2D eigenvalue weighted by molar-refractivity contribution is 4.64. The normalized spacial score (nSPS) is 13.8. The lowest BCUT2D eigenvalue weighted by atomic mass is 10.1. The average Bonchev–Trinajstić information content (AvgIpc) is 2.42. The van der Waals surface area contributed by atoms with Crippen molar-refractivity contribution in [2.24, 2.45) is 5.11 Å². The predicted octanol–water partition coefficient (Wildman–Crippen LogP) is 2.79. The Kier molecular flexibility index (Phi) is 13.0. The van der Waals surface area contributed by atoms with E-state index in [-0.39, 0.29) is 19.3 Å². The first-order chi connectivity index (χ1) is 9.24. The maximum Gasteiger partial charge on any atom is 0.0838 e. The van der Waals surface area contributed by atoms with Gasteiger partial charge in [0.1, 0.15) is 0 Å². The van der Waals surface area contributed by atoms with Gasteiger partial charge < -0.3 is 14.9 Å². The molecule has 112 valence electrons. The van der Waals surface area contributed by atoms with E-state index in [9.17, 15) is 5.11 Å². The molecule has 6 heteroatoms. The topological polar surface area (TPSA) is 98.5 Å². The van der Waals surface area contributed by atoms with Gasteiger partial charge in [-0.15, -0.1) is 0 Å². The van der Waals surface area contributed by atoms with E-state index in [1.807, 2.05) is 0 Å². The summed E-state index contributed by atoms with van der Waals surface area (Å²) >= 11 is 0. The molecule has 0 aromatic heterocycles. The maximum atomic E-state index is 9.72. The Morgan fingerprint density at radius 1 is 1.21 bits per heavy atom. The molecule has 0 saturated carbocycles. The van der Waals surface area contributed by atoms with E-state index in [0.717, 1.165) is 12.8 Å². The van der Waals surface area contributed by atoms with E-state index in [2.05, 4.69) is 16.9 Å². The summed E-state index contributed by atoms with van der Waals surface area (Å²) in [5.41, 5.74) is 8.22. The largest absolute Gasteiger partial charge is 0.396 e. The first-order valence-electron chi connectivity index (χ1n) is 7.15. The van der Waals surface area contributed by atoms with E-state index in [1.165, 1.54) is 25.7 Å². The molecule has 0 aliphatic rings. The van der Waals surface area contributed by atoms with Crippen LogP contribution in [0.5, 0.6) is 0 Å². The number of nitrogens with zero attached hydrogens (tertiary/aromatic N) is 3. The van der Waals surface area contributed by atoms with Gasteiger partial charge in [0.2, 0.25) is 0 Å². The van der Waals surface area contributed by atoms with Crippen molar-refractivity contribution in [2.45, 2.75) is 64.0 Å². The molecule has 0 saturated heterocycles. The van der Waals surface area contributed by atoms with Crippen LogP contribution in [0.2, 0.25) is 0 Å². The Balaban J connectivity index is 3.42. The quantitative estimate of drug-likeness (QED) is 0.233. The van der Waals surface area contributed by atoms with Gasteiger partial charge in [-0.1, -0.05) is 44.1 Å². The van der Waals surface area contributed by atoms with Crippen LogP contribution in [0.1, 0.15) is 51.9 Å². The van der Waals surface area contributed by atoms with Crippen LogP contribution in [0.25, 0.3) is 10.4 Å². The van der Waals surface area contributed by atoms with Crippen LogP contribution >= 0.6 is 0 Å². The van der Waals surface area contributed by atoms with Crippen LogP contribution < -0.4 is 0 Å². The minimum atomic E-state index is -0.531. The first kappa shape index (κ1) is 18.2. The van der Waals surface area contributed by atoms with Crippen LogP contribution in [-0.4, -0.2) is 42.2 Å². The number of ether oxygens (including phenoxy) is 1. The first-order valence-corrected chi connectivity index (χ1v) is 7.15. The average molecular weight is 273 g/mol. The smallest absolute Gasteiger partial charge is 0.0838 e. The van der Waals surface area contributed by atoms with Crippen molar-refractivity contribution in [3.8, 4) is 0 Å². The lowest BCUT2D eigenvalue weighted by molar-refractivity contribution is 0.0624. The van der Waals surface area contributed by atoms with Crippen LogP contribution in [-0.2, 0) is 4.74 Å². The third-order valence-electron chi connectivity index (χ3n) is 2.97. The molecule has 0 heterocycles. The maximum absolute atomic E-state index is 9.72. The predicted molar refractivity (Wildman–Crippen MR) is 74.8 cm³/mol. The molecule has 0 unspecified atom stereocenters. The number of aliphatic hydroxyl groups is 2. The molecule has 0 rings (SSSR count). The zero-order chi connectivity index (χ0) is 14.3. The van der Waals surface area contributed by atoms with E-state index in [4.69, 9.17) is 15.4 Å². The molecule has 0 aliphatic carbocycles. The van der Waals surface area contributed by atoms with Crippen LogP contribution in [0.15, 0.2) is 5.11 Å². The molecular formula is C13H27N3O3. The molecule has 2 atom stereocenters. The minimum absolute atomic E-state index is 0.198. The Morgan fingerprint density at radius 2 is 1.95 bits per heavy atom. The fourth-order valence-corrected chi connectivity index (χ4v) is 1.76. The molecule has 0 aliphatic heterocycles. The van der Waals surface area contributed by atoms with E-state index < -0.39 is 6.04 Å². The molecule has 6 nitrogen and oxygen atoms in total. The molecule has 0 aromatic carbocycles. The summed E-state index contributed by atoms with van der Waals surface area (Å²) in [6.45, 7) is 2.59. The third-order valence-corrected chi connectivity index (χ3v) is 2.97. The molecule has 0 aromatic rings. The van der Waals surface area contributed by atoms with Crippen molar-refractivity contribution in [1.82, 2.24) is 0 Å². The van der Waals surface area contributed by atoms with Gasteiger partial charge in [-0.05, 0) is 18.4 Å². The molecule has 0 spiro atoms. The summed E-state index contributed by atoms with van der Waals surface area (Å²) in [5, 5.41) is 22.0. The lowest BCUT2D eigenvalue weighted by Gasteiger charge is -2.12. The Morgan fingerprint density at radius 3 is 2.58 bits per heavy atom. The third kappa shape index (κ3) is 12.0. The number of rotatable bonds is 13. The number of hydrogen-bond acceptors (Lipinski definition) is 4. The van der Waals surface area contributed by atoms with Gasteiger partial charge in [0, 0.05) is 11.5 Å². The van der Waals surface area contributed by atoms with Crippen LogP contribution in [0.3, 0.4) is 0 Å². The zero-order valence-corrected chi connectivity index (χ0v) is 11.9. The van der Waals surface area contributed by atoms with Crippen molar-refractivity contribution in [1.29, 1.82) is 0 Å². The molecule has 0 amide bonds. The molecule has 2 N–H and O–H groups in total. The highest BCUT2D eigenvalue weighted by Gasteiger charge is 2.07. The van der Waals surface area contributed by atoms with Crippen LogP contribution in [0.4, 0.5) is 0 Å². The second kappa shape index (κ2) is 13.6. The number of hydrogen-bond donors (Lipinski definition) is 2. The standard InChI is InChI=1S/C13H27N3O3/c1-2-3-4-5-6-7-13(18)8-9-19-11-12(10-17)15-16-14/h12-13,17-18H,2-11H2,1H3/t12-,13+/m0/s1. The summed E-state index contributed by atoms with van der Waals surface area (Å²) in [7, 11) is 0. The van der Waals surface area contributed by atoms with Gasteiger partial charge in [-0.2, -0.15) is 0 Å². The second-order valence-corrected chi connectivity index (χ2v) is 4.76. The summed E-state index contributed by atoms with van der Waals surface area (Å²) in [5.74, 6) is 0. The van der Waals surface area contributed by atoms with Crippen LogP contribution in [0, 0.1) is 0 Å². The van der Waals surface area contributed by atoms with Gasteiger partial charge in [0.05, 0.1) is 25.4 Å². The summed E-state index contributed by atoms with van der Waals surface area (Å²) in [6.07, 6.45) is 7.04. The van der Waals surface area contributed by atoms with Crippen molar-refractivity contribution in [2.75, 3.05) is 19.8 Å². The van der Waals surface area contributed by atoms with Gasteiger partial charge in [-0.3, -0.25) is 0 Å². The molecule has 0 bridgehead atoms. The Bertz CT molecular complexity index is 245. The zero-order valence-electron chi connectivity index (χ0n) is 11.9. The Hall–Kier alpha value is -0.810. The summed E-state index contributed by atoms with van der Waals surface area (Å²) < 4.78 is 5.27. The van der Waals surface area contributed by atoms with Gasteiger partial charge in [-0.25, -0.2) is 0 Å². The number of aliphatic hydroxyl groups excluding tert-OH is 2. The minimum Gasteiger partial charge on any atom is -0.396 e. The van der Waals surface area contributed by atoms with Gasteiger partial charge in [0.25, 0.3) is 0 Å². The SMILES string of the molecule is CCCCCCC[C@@H](O)CCOC[C@H](CO)N=[N+]=[N-]. The number of azide groups is 1. The van der Waals surface area contributed by atoms with E-state index in [0.29, 0.717) is 13.0 Å². The van der Waals surface area contributed by atoms with Crippen molar-refractivity contribution >= 4 is 0 Å². The van der Waals surface area contributed by atoms with Crippen molar-refractivity contribution < 1.29 is 14.9 Å². The molecular weight excluding hydrogens is 246 g/mol. The van der Waals surface area contributed by atoms with Crippen molar-refractivity contribution in [3.63, 3.8) is 0 Å². The molecule has 0 fully saturated rings. The second-order valence-electron chi connectivity index (χ2n) is 4.76. The van der Waals surface area contributed by atoms with Gasteiger partial charge >= 0.3 is 0 Å². The van der Waals surface area contributed by atoms with E-state index in [1.54, 1.807) is 0 Å². The van der Waals surface area contributed by atoms with E-state index >= 15 is 0 Å². The van der Waals surface area contributed by atoms with Gasteiger partial charge in [0.15, 0.2) is 0 Å².